The van der Waals surface area contributed by atoms with Gasteiger partial charge >= 0.3 is 5.97 Å². The molecule has 3 nitrogen and oxygen atoms in total. The molecule has 0 aliphatic heterocycles. The highest BCUT2D eigenvalue weighted by Gasteiger charge is 2.06. The zero-order chi connectivity index (χ0) is 14.5. The molecule has 0 spiro atoms. The zero-order valence-electron chi connectivity index (χ0n) is 11.7. The molecular weight excluding hydrogens is 252 g/mol. The van der Waals surface area contributed by atoms with Crippen LogP contribution in [-0.2, 0) is 13.0 Å². The first kappa shape index (κ1) is 14.1. The van der Waals surface area contributed by atoms with E-state index >= 15 is 0 Å². The van der Waals surface area contributed by atoms with E-state index in [0.29, 0.717) is 12.2 Å². The molecule has 3 heteroatoms. The Morgan fingerprint density at radius 1 is 1.15 bits per heavy atom. The molecule has 104 valence electrons. The number of aryl methyl sites for hydroxylation is 2. The topological polar surface area (TPSA) is 46.5 Å². The number of aromatic carboxylic acids is 1. The molecule has 0 fully saturated rings. The minimum Gasteiger partial charge on any atom is -0.489 e. The fourth-order valence-electron chi connectivity index (χ4n) is 1.97. The number of hydrogen-bond donors (Lipinski definition) is 1. The lowest BCUT2D eigenvalue weighted by Crippen LogP contribution is -2.01. The van der Waals surface area contributed by atoms with Crippen LogP contribution >= 0.6 is 0 Å². The van der Waals surface area contributed by atoms with Gasteiger partial charge < -0.3 is 9.84 Å². The molecule has 0 saturated carbocycles. The van der Waals surface area contributed by atoms with E-state index in [9.17, 15) is 4.79 Å². The molecule has 20 heavy (non-hydrogen) atoms. The van der Waals surface area contributed by atoms with Gasteiger partial charge in [-0.3, -0.25) is 0 Å². The number of ether oxygens (including phenoxy) is 1. The minimum absolute atomic E-state index is 0.304. The average Bonchev–Trinajstić information content (AvgIpc) is 2.46. The second kappa shape index (κ2) is 6.24. The summed E-state index contributed by atoms with van der Waals surface area (Å²) in [7, 11) is 0. The van der Waals surface area contributed by atoms with Gasteiger partial charge in [-0.1, -0.05) is 25.1 Å². The third-order valence-corrected chi connectivity index (χ3v) is 3.32. The monoisotopic (exact) mass is 270 g/mol. The van der Waals surface area contributed by atoms with Gasteiger partial charge in [-0.25, -0.2) is 4.79 Å². The fraction of sp³-hybridized carbons (Fsp3) is 0.235. The summed E-state index contributed by atoms with van der Waals surface area (Å²) in [6, 6.07) is 13.1. The van der Waals surface area contributed by atoms with Crippen LogP contribution < -0.4 is 4.74 Å². The van der Waals surface area contributed by atoms with Gasteiger partial charge in [0.05, 0.1) is 5.56 Å². The van der Waals surface area contributed by atoms with Crippen molar-refractivity contribution in [1.82, 2.24) is 0 Å². The normalized spacial score (nSPS) is 10.3. The maximum absolute atomic E-state index is 10.9. The molecule has 1 N–H and O–H groups in total. The third kappa shape index (κ3) is 3.38. The number of hydrogen-bond acceptors (Lipinski definition) is 2. The Balaban J connectivity index is 2.04. The number of carboxylic acid groups (broad SMARTS) is 1. The zero-order valence-corrected chi connectivity index (χ0v) is 11.7. The summed E-state index contributed by atoms with van der Waals surface area (Å²) in [5, 5.41) is 8.93. The third-order valence-electron chi connectivity index (χ3n) is 3.32. The molecule has 2 aromatic rings. The van der Waals surface area contributed by atoms with Gasteiger partial charge in [-0.15, -0.1) is 0 Å². The summed E-state index contributed by atoms with van der Waals surface area (Å²) >= 11 is 0. The van der Waals surface area contributed by atoms with Gasteiger partial charge in [0.2, 0.25) is 0 Å². The first-order chi connectivity index (χ1) is 9.60. The van der Waals surface area contributed by atoms with Crippen molar-refractivity contribution in [2.75, 3.05) is 0 Å². The van der Waals surface area contributed by atoms with Crippen molar-refractivity contribution < 1.29 is 14.6 Å². The van der Waals surface area contributed by atoms with Crippen molar-refractivity contribution >= 4 is 5.97 Å². The molecular formula is C17H18O3. The van der Waals surface area contributed by atoms with E-state index in [0.717, 1.165) is 23.3 Å². The standard InChI is InChI=1S/C17H18O3/c1-3-13-4-8-16(9-5-13)20-11-15-7-6-14(17(18)19)10-12(15)2/h4-10H,3,11H2,1-2H3,(H,18,19). The number of carbonyl (C=O) groups is 1. The summed E-state index contributed by atoms with van der Waals surface area (Å²) in [5.74, 6) is -0.0837. The van der Waals surface area contributed by atoms with Crippen LogP contribution in [0.15, 0.2) is 42.5 Å². The van der Waals surface area contributed by atoms with E-state index < -0.39 is 5.97 Å². The Bertz CT molecular complexity index is 600. The first-order valence-electron chi connectivity index (χ1n) is 6.64. The highest BCUT2D eigenvalue weighted by molar-refractivity contribution is 5.87. The molecule has 0 bridgehead atoms. The number of benzene rings is 2. The lowest BCUT2D eigenvalue weighted by molar-refractivity contribution is 0.0696. The van der Waals surface area contributed by atoms with Gasteiger partial charge in [0.25, 0.3) is 0 Å². The van der Waals surface area contributed by atoms with Gasteiger partial charge in [-0.05, 0) is 54.3 Å². The minimum atomic E-state index is -0.907. The van der Waals surface area contributed by atoms with Crippen molar-refractivity contribution in [2.45, 2.75) is 26.9 Å². The van der Waals surface area contributed by atoms with Crippen molar-refractivity contribution in [3.8, 4) is 5.75 Å². The van der Waals surface area contributed by atoms with Crippen LogP contribution in [0, 0.1) is 6.92 Å². The van der Waals surface area contributed by atoms with Gasteiger partial charge in [0.15, 0.2) is 0 Å². The predicted octanol–water partition coefficient (Wildman–Crippen LogP) is 3.83. The number of carboxylic acids is 1. The molecule has 0 heterocycles. The number of rotatable bonds is 5. The molecule has 0 amide bonds. The molecule has 0 aliphatic rings. The van der Waals surface area contributed by atoms with Crippen LogP contribution in [0.1, 0.15) is 34.0 Å². The van der Waals surface area contributed by atoms with E-state index in [1.807, 2.05) is 19.1 Å². The Kier molecular flexibility index (Phi) is 4.41. The maximum atomic E-state index is 10.9. The Morgan fingerprint density at radius 3 is 2.40 bits per heavy atom. The van der Waals surface area contributed by atoms with E-state index in [2.05, 4.69) is 19.1 Å². The largest absolute Gasteiger partial charge is 0.489 e. The second-order valence-electron chi connectivity index (χ2n) is 4.73. The van der Waals surface area contributed by atoms with E-state index in [1.165, 1.54) is 5.56 Å². The average molecular weight is 270 g/mol. The molecule has 0 aliphatic carbocycles. The van der Waals surface area contributed by atoms with E-state index in [-0.39, 0.29) is 0 Å². The van der Waals surface area contributed by atoms with E-state index in [1.54, 1.807) is 18.2 Å². The van der Waals surface area contributed by atoms with Crippen LogP contribution in [-0.4, -0.2) is 11.1 Å². The van der Waals surface area contributed by atoms with E-state index in [4.69, 9.17) is 9.84 Å². The van der Waals surface area contributed by atoms with Crippen molar-refractivity contribution in [2.24, 2.45) is 0 Å². The lowest BCUT2D eigenvalue weighted by Gasteiger charge is -2.10. The smallest absolute Gasteiger partial charge is 0.335 e. The van der Waals surface area contributed by atoms with Crippen LogP contribution in [0.2, 0.25) is 0 Å². The summed E-state index contributed by atoms with van der Waals surface area (Å²) in [6.45, 7) is 4.45. The summed E-state index contributed by atoms with van der Waals surface area (Å²) < 4.78 is 5.73. The Labute approximate surface area is 118 Å². The molecule has 0 radical (unpaired) electrons. The van der Waals surface area contributed by atoms with Crippen LogP contribution in [0.5, 0.6) is 5.75 Å². The second-order valence-corrected chi connectivity index (χ2v) is 4.73. The molecule has 2 aromatic carbocycles. The molecule has 0 unspecified atom stereocenters. The predicted molar refractivity (Wildman–Crippen MR) is 78.3 cm³/mol. The molecule has 0 aromatic heterocycles. The van der Waals surface area contributed by atoms with Crippen molar-refractivity contribution in [1.29, 1.82) is 0 Å². The molecule has 0 atom stereocenters. The Hall–Kier alpha value is -2.29. The SMILES string of the molecule is CCc1ccc(OCc2ccc(C(=O)O)cc2C)cc1. The fourth-order valence-corrected chi connectivity index (χ4v) is 1.97. The molecule has 0 saturated heterocycles. The Morgan fingerprint density at radius 2 is 1.85 bits per heavy atom. The van der Waals surface area contributed by atoms with Gasteiger partial charge in [-0.2, -0.15) is 0 Å². The van der Waals surface area contributed by atoms with Gasteiger partial charge in [0, 0.05) is 0 Å². The van der Waals surface area contributed by atoms with Crippen LogP contribution in [0.4, 0.5) is 0 Å². The summed E-state index contributed by atoms with van der Waals surface area (Å²) in [5.41, 5.74) is 3.50. The summed E-state index contributed by atoms with van der Waals surface area (Å²) in [6.07, 6.45) is 1.01. The molecule has 2 rings (SSSR count). The quantitative estimate of drug-likeness (QED) is 0.898. The highest BCUT2D eigenvalue weighted by Crippen LogP contribution is 2.17. The van der Waals surface area contributed by atoms with Crippen LogP contribution in [0.25, 0.3) is 0 Å². The highest BCUT2D eigenvalue weighted by atomic mass is 16.5. The van der Waals surface area contributed by atoms with Crippen LogP contribution in [0.3, 0.4) is 0 Å². The first-order valence-corrected chi connectivity index (χ1v) is 6.64. The maximum Gasteiger partial charge on any atom is 0.335 e. The van der Waals surface area contributed by atoms with Crippen molar-refractivity contribution in [3.63, 3.8) is 0 Å². The van der Waals surface area contributed by atoms with Crippen molar-refractivity contribution in [3.05, 3.63) is 64.7 Å². The van der Waals surface area contributed by atoms with Gasteiger partial charge in [0.1, 0.15) is 12.4 Å². The lowest BCUT2D eigenvalue weighted by atomic mass is 10.1. The summed E-state index contributed by atoms with van der Waals surface area (Å²) in [4.78, 5) is 10.9.